The zero-order valence-electron chi connectivity index (χ0n) is 10.3. The molecular weight excluding hydrogens is 256 g/mol. The van der Waals surface area contributed by atoms with Crippen LogP contribution in [0, 0.1) is 6.92 Å². The quantitative estimate of drug-likeness (QED) is 0.707. The number of rotatable bonds is 8. The topological polar surface area (TPSA) is 58.2 Å². The summed E-state index contributed by atoms with van der Waals surface area (Å²) in [4.78, 5) is 0. The Morgan fingerprint density at radius 1 is 1.29 bits per heavy atom. The fourth-order valence-corrected chi connectivity index (χ4v) is 3.38. The maximum absolute atomic E-state index is 11.7. The first-order valence-corrected chi connectivity index (χ1v) is 8.28. The number of thiophene rings is 1. The average Bonchev–Trinajstić information content (AvgIpc) is 2.68. The van der Waals surface area contributed by atoms with Crippen LogP contribution in [0.15, 0.2) is 10.8 Å². The number of nitrogens with one attached hydrogen (secondary N) is 2. The molecule has 1 aromatic rings. The predicted molar refractivity (Wildman–Crippen MR) is 72.8 cm³/mol. The molecule has 2 N–H and O–H groups in total. The molecule has 1 heterocycles. The Labute approximate surface area is 107 Å². The molecule has 4 nitrogen and oxygen atoms in total. The number of sulfonamides is 1. The molecule has 1 rings (SSSR count). The first kappa shape index (κ1) is 14.6. The standard InChI is InChI=1S/C11H20N2O2S2/c1-10-8-16-9-11(10)7-13-17(14,15)6-4-3-5-12-2/h8-9,12-13H,3-7H2,1-2H3. The Bertz CT molecular complexity index is 426. The highest BCUT2D eigenvalue weighted by Gasteiger charge is 2.10. The Morgan fingerprint density at radius 2 is 2.06 bits per heavy atom. The van der Waals surface area contributed by atoms with Crippen molar-refractivity contribution in [2.75, 3.05) is 19.3 Å². The molecule has 98 valence electrons. The number of hydrogen-bond acceptors (Lipinski definition) is 4. The van der Waals surface area contributed by atoms with Gasteiger partial charge in [0, 0.05) is 6.54 Å². The lowest BCUT2D eigenvalue weighted by atomic mass is 10.2. The van der Waals surface area contributed by atoms with Crippen LogP contribution in [-0.4, -0.2) is 27.8 Å². The molecule has 6 heteroatoms. The summed E-state index contributed by atoms with van der Waals surface area (Å²) in [5.41, 5.74) is 2.21. The Kier molecular flexibility index (Phi) is 6.11. The van der Waals surface area contributed by atoms with Gasteiger partial charge < -0.3 is 5.32 Å². The predicted octanol–water partition coefficient (Wildman–Crippen LogP) is 1.48. The van der Waals surface area contributed by atoms with Crippen molar-refractivity contribution in [1.82, 2.24) is 10.0 Å². The SMILES string of the molecule is CNCCCCS(=O)(=O)NCc1cscc1C. The lowest BCUT2D eigenvalue weighted by Crippen LogP contribution is -2.26. The third kappa shape index (κ3) is 5.63. The minimum Gasteiger partial charge on any atom is -0.320 e. The van der Waals surface area contributed by atoms with Gasteiger partial charge in [-0.25, -0.2) is 13.1 Å². The molecule has 0 aliphatic rings. The van der Waals surface area contributed by atoms with Crippen LogP contribution in [0.4, 0.5) is 0 Å². The third-order valence-corrected chi connectivity index (χ3v) is 4.85. The molecule has 0 aliphatic carbocycles. The zero-order chi connectivity index (χ0) is 12.7. The van der Waals surface area contributed by atoms with Gasteiger partial charge in [0.25, 0.3) is 0 Å². The highest BCUT2D eigenvalue weighted by atomic mass is 32.2. The summed E-state index contributed by atoms with van der Waals surface area (Å²) in [6.45, 7) is 3.26. The molecule has 17 heavy (non-hydrogen) atoms. The van der Waals surface area contributed by atoms with Crippen LogP contribution in [0.2, 0.25) is 0 Å². The lowest BCUT2D eigenvalue weighted by molar-refractivity contribution is 0.575. The van der Waals surface area contributed by atoms with Gasteiger partial charge in [0.2, 0.25) is 10.0 Å². The van der Waals surface area contributed by atoms with Gasteiger partial charge in [-0.05, 0) is 55.2 Å². The summed E-state index contributed by atoms with van der Waals surface area (Å²) in [5.74, 6) is 0.206. The molecule has 0 bridgehead atoms. The smallest absolute Gasteiger partial charge is 0.211 e. The van der Waals surface area contributed by atoms with Gasteiger partial charge in [-0.3, -0.25) is 0 Å². The normalized spacial score (nSPS) is 11.9. The fraction of sp³-hybridized carbons (Fsp3) is 0.636. The summed E-state index contributed by atoms with van der Waals surface area (Å²) in [6.07, 6.45) is 1.58. The van der Waals surface area contributed by atoms with Crippen molar-refractivity contribution < 1.29 is 8.42 Å². The second-order valence-electron chi connectivity index (χ2n) is 4.03. The zero-order valence-corrected chi connectivity index (χ0v) is 12.0. The van der Waals surface area contributed by atoms with E-state index in [9.17, 15) is 8.42 Å². The second-order valence-corrected chi connectivity index (χ2v) is 6.70. The van der Waals surface area contributed by atoms with E-state index in [0.717, 1.165) is 24.1 Å². The highest BCUT2D eigenvalue weighted by Crippen LogP contribution is 2.13. The van der Waals surface area contributed by atoms with Crippen molar-refractivity contribution in [1.29, 1.82) is 0 Å². The lowest BCUT2D eigenvalue weighted by Gasteiger charge is -2.06. The van der Waals surface area contributed by atoms with Crippen LogP contribution in [0.3, 0.4) is 0 Å². The molecule has 0 fully saturated rings. The molecule has 0 radical (unpaired) electrons. The Hall–Kier alpha value is -0.430. The van der Waals surface area contributed by atoms with E-state index in [1.807, 2.05) is 24.7 Å². The summed E-state index contributed by atoms with van der Waals surface area (Å²) in [5, 5.41) is 7.01. The Morgan fingerprint density at radius 3 is 2.65 bits per heavy atom. The number of aryl methyl sites for hydroxylation is 1. The first-order chi connectivity index (χ1) is 8.05. The van der Waals surface area contributed by atoms with E-state index in [0.29, 0.717) is 13.0 Å². The molecule has 0 amide bonds. The maximum atomic E-state index is 11.7. The summed E-state index contributed by atoms with van der Waals surface area (Å²) in [6, 6.07) is 0. The number of unbranched alkanes of at least 4 members (excludes halogenated alkanes) is 1. The van der Waals surface area contributed by atoms with Crippen LogP contribution in [0.5, 0.6) is 0 Å². The Balaban J connectivity index is 2.32. The maximum Gasteiger partial charge on any atom is 0.211 e. The molecular formula is C11H20N2O2S2. The molecule has 0 saturated carbocycles. The van der Waals surface area contributed by atoms with E-state index in [1.165, 1.54) is 0 Å². The van der Waals surface area contributed by atoms with Crippen molar-refractivity contribution >= 4 is 21.4 Å². The van der Waals surface area contributed by atoms with E-state index in [2.05, 4.69) is 10.0 Å². The average molecular weight is 276 g/mol. The van der Waals surface area contributed by atoms with Gasteiger partial charge in [0.15, 0.2) is 0 Å². The van der Waals surface area contributed by atoms with Gasteiger partial charge in [-0.15, -0.1) is 0 Å². The third-order valence-electron chi connectivity index (χ3n) is 2.53. The van der Waals surface area contributed by atoms with Crippen molar-refractivity contribution in [3.05, 3.63) is 21.9 Å². The van der Waals surface area contributed by atoms with Crippen LogP contribution in [0.25, 0.3) is 0 Å². The second kappa shape index (κ2) is 7.10. The van der Waals surface area contributed by atoms with E-state index >= 15 is 0 Å². The van der Waals surface area contributed by atoms with Gasteiger partial charge in [0.1, 0.15) is 0 Å². The van der Waals surface area contributed by atoms with Crippen LogP contribution in [-0.2, 0) is 16.6 Å². The molecule has 0 unspecified atom stereocenters. The molecule has 0 aliphatic heterocycles. The van der Waals surface area contributed by atoms with Crippen molar-refractivity contribution in [2.24, 2.45) is 0 Å². The molecule has 0 saturated heterocycles. The molecule has 0 spiro atoms. The largest absolute Gasteiger partial charge is 0.320 e. The monoisotopic (exact) mass is 276 g/mol. The van der Waals surface area contributed by atoms with E-state index in [4.69, 9.17) is 0 Å². The highest BCUT2D eigenvalue weighted by molar-refractivity contribution is 7.89. The molecule has 1 aromatic heterocycles. The summed E-state index contributed by atoms with van der Waals surface area (Å²) < 4.78 is 26.0. The van der Waals surface area contributed by atoms with E-state index < -0.39 is 10.0 Å². The van der Waals surface area contributed by atoms with Crippen molar-refractivity contribution in [3.63, 3.8) is 0 Å². The minimum absolute atomic E-state index is 0.206. The van der Waals surface area contributed by atoms with Crippen molar-refractivity contribution in [3.8, 4) is 0 Å². The first-order valence-electron chi connectivity index (χ1n) is 5.69. The summed E-state index contributed by atoms with van der Waals surface area (Å²) in [7, 11) is -1.26. The molecule has 0 atom stereocenters. The van der Waals surface area contributed by atoms with Crippen LogP contribution >= 0.6 is 11.3 Å². The van der Waals surface area contributed by atoms with Gasteiger partial charge in [-0.1, -0.05) is 0 Å². The summed E-state index contributed by atoms with van der Waals surface area (Å²) >= 11 is 1.60. The number of hydrogen-bond donors (Lipinski definition) is 2. The van der Waals surface area contributed by atoms with Gasteiger partial charge >= 0.3 is 0 Å². The van der Waals surface area contributed by atoms with Gasteiger partial charge in [-0.2, -0.15) is 11.3 Å². The van der Waals surface area contributed by atoms with E-state index in [1.54, 1.807) is 11.3 Å². The minimum atomic E-state index is -3.13. The molecule has 0 aromatic carbocycles. The van der Waals surface area contributed by atoms with Crippen LogP contribution < -0.4 is 10.0 Å². The van der Waals surface area contributed by atoms with Gasteiger partial charge in [0.05, 0.1) is 5.75 Å². The van der Waals surface area contributed by atoms with Crippen molar-refractivity contribution in [2.45, 2.75) is 26.3 Å². The fourth-order valence-electron chi connectivity index (χ4n) is 1.42. The van der Waals surface area contributed by atoms with Crippen LogP contribution in [0.1, 0.15) is 24.0 Å². The van der Waals surface area contributed by atoms with E-state index in [-0.39, 0.29) is 5.75 Å².